The van der Waals surface area contributed by atoms with E-state index in [0.717, 1.165) is 51.4 Å². The van der Waals surface area contributed by atoms with Gasteiger partial charge in [0.25, 0.3) is 0 Å². The van der Waals surface area contributed by atoms with Gasteiger partial charge in [-0.25, -0.2) is 0 Å². The van der Waals surface area contributed by atoms with Crippen LogP contribution in [0.4, 0.5) is 0 Å². The Morgan fingerprint density at radius 1 is 1.23 bits per heavy atom. The molecule has 22 heavy (non-hydrogen) atoms. The number of aliphatic imine (C=N–C) groups is 1. The van der Waals surface area contributed by atoms with Crippen molar-refractivity contribution in [1.29, 1.82) is 0 Å². The lowest BCUT2D eigenvalue weighted by molar-refractivity contribution is 0.258. The standard InChI is InChI=1S/C18H26N4/c1-19-18(21-17-8-4-5-9-17)20-11-13-22-12-10-15-6-2-3-7-16(15)14-22/h2-7,17H,8-14H2,1H3,(H2,19,20,21). The second-order valence-electron chi connectivity index (χ2n) is 6.08. The van der Waals surface area contributed by atoms with E-state index in [9.17, 15) is 0 Å². The van der Waals surface area contributed by atoms with Gasteiger partial charge in [0, 0.05) is 39.3 Å². The van der Waals surface area contributed by atoms with Crippen LogP contribution in [0.25, 0.3) is 0 Å². The van der Waals surface area contributed by atoms with Crippen molar-refractivity contribution in [1.82, 2.24) is 15.5 Å². The second-order valence-corrected chi connectivity index (χ2v) is 6.08. The maximum atomic E-state index is 4.32. The lowest BCUT2D eigenvalue weighted by Gasteiger charge is -2.29. The molecule has 4 heteroatoms. The summed E-state index contributed by atoms with van der Waals surface area (Å²) in [6.07, 6.45) is 7.83. The van der Waals surface area contributed by atoms with E-state index in [0.29, 0.717) is 6.04 Å². The van der Waals surface area contributed by atoms with Crippen LogP contribution in [0, 0.1) is 0 Å². The van der Waals surface area contributed by atoms with Crippen molar-refractivity contribution in [2.45, 2.75) is 31.8 Å². The second kappa shape index (κ2) is 7.45. The molecular weight excluding hydrogens is 272 g/mol. The third-order valence-corrected chi connectivity index (χ3v) is 4.50. The van der Waals surface area contributed by atoms with E-state index >= 15 is 0 Å². The van der Waals surface area contributed by atoms with Gasteiger partial charge in [-0.2, -0.15) is 0 Å². The van der Waals surface area contributed by atoms with Gasteiger partial charge in [0.05, 0.1) is 0 Å². The van der Waals surface area contributed by atoms with Crippen molar-refractivity contribution in [3.8, 4) is 0 Å². The van der Waals surface area contributed by atoms with E-state index in [2.05, 4.69) is 56.9 Å². The summed E-state index contributed by atoms with van der Waals surface area (Å²) >= 11 is 0. The third kappa shape index (κ3) is 3.89. The predicted octanol–water partition coefficient (Wildman–Crippen LogP) is 1.93. The summed E-state index contributed by atoms with van der Waals surface area (Å²) in [7, 11) is 1.84. The fourth-order valence-corrected chi connectivity index (χ4v) is 3.20. The summed E-state index contributed by atoms with van der Waals surface area (Å²) in [6.45, 7) is 4.20. The van der Waals surface area contributed by atoms with Crippen LogP contribution in [0.3, 0.4) is 0 Å². The van der Waals surface area contributed by atoms with Gasteiger partial charge in [-0.05, 0) is 30.4 Å². The minimum absolute atomic E-state index is 0.507. The van der Waals surface area contributed by atoms with Crippen LogP contribution in [-0.2, 0) is 13.0 Å². The number of hydrogen-bond acceptors (Lipinski definition) is 2. The molecule has 1 aliphatic heterocycles. The zero-order chi connectivity index (χ0) is 15.2. The minimum atomic E-state index is 0.507. The molecule has 0 radical (unpaired) electrons. The first-order valence-corrected chi connectivity index (χ1v) is 8.26. The van der Waals surface area contributed by atoms with E-state index in [-0.39, 0.29) is 0 Å². The first-order valence-electron chi connectivity index (χ1n) is 8.26. The molecule has 0 fully saturated rings. The van der Waals surface area contributed by atoms with Gasteiger partial charge in [-0.15, -0.1) is 0 Å². The monoisotopic (exact) mass is 298 g/mol. The van der Waals surface area contributed by atoms with Gasteiger partial charge in [0.15, 0.2) is 5.96 Å². The van der Waals surface area contributed by atoms with Crippen LogP contribution in [0.2, 0.25) is 0 Å². The highest BCUT2D eigenvalue weighted by Crippen LogP contribution is 2.17. The molecule has 1 aromatic rings. The van der Waals surface area contributed by atoms with Crippen LogP contribution in [0.15, 0.2) is 41.4 Å². The average molecular weight is 298 g/mol. The Balaban J connectivity index is 1.41. The Bertz CT molecular complexity index is 542. The predicted molar refractivity (Wildman–Crippen MR) is 92.1 cm³/mol. The van der Waals surface area contributed by atoms with E-state index in [1.54, 1.807) is 0 Å². The van der Waals surface area contributed by atoms with Gasteiger partial charge in [-0.3, -0.25) is 9.89 Å². The van der Waals surface area contributed by atoms with Crippen molar-refractivity contribution >= 4 is 5.96 Å². The molecule has 2 aliphatic rings. The van der Waals surface area contributed by atoms with Crippen molar-refractivity contribution < 1.29 is 0 Å². The molecule has 0 spiro atoms. The number of rotatable bonds is 4. The molecule has 0 amide bonds. The van der Waals surface area contributed by atoms with Gasteiger partial charge < -0.3 is 10.6 Å². The topological polar surface area (TPSA) is 39.7 Å². The van der Waals surface area contributed by atoms with Crippen LogP contribution in [0.5, 0.6) is 0 Å². The summed E-state index contributed by atoms with van der Waals surface area (Å²) in [6, 6.07) is 9.30. The first-order chi connectivity index (χ1) is 10.8. The molecule has 1 aromatic carbocycles. The molecule has 0 saturated heterocycles. The van der Waals surface area contributed by atoms with Crippen molar-refractivity contribution in [2.75, 3.05) is 26.7 Å². The number of nitrogens with zero attached hydrogens (tertiary/aromatic N) is 2. The Kier molecular flexibility index (Phi) is 5.11. The summed E-state index contributed by atoms with van der Waals surface area (Å²) in [4.78, 5) is 6.83. The number of hydrogen-bond donors (Lipinski definition) is 2. The molecule has 0 aromatic heterocycles. The van der Waals surface area contributed by atoms with Crippen molar-refractivity contribution in [3.63, 3.8) is 0 Å². The highest BCUT2D eigenvalue weighted by molar-refractivity contribution is 5.80. The van der Waals surface area contributed by atoms with Gasteiger partial charge in [0.1, 0.15) is 0 Å². The fourth-order valence-electron chi connectivity index (χ4n) is 3.20. The lowest BCUT2D eigenvalue weighted by Crippen LogP contribution is -2.45. The molecular formula is C18H26N4. The molecule has 118 valence electrons. The molecule has 0 bridgehead atoms. The largest absolute Gasteiger partial charge is 0.355 e. The summed E-state index contributed by atoms with van der Waals surface area (Å²) < 4.78 is 0. The van der Waals surface area contributed by atoms with E-state index in [1.807, 2.05) is 7.05 Å². The summed E-state index contributed by atoms with van der Waals surface area (Å²) in [5.74, 6) is 0.922. The zero-order valence-corrected chi connectivity index (χ0v) is 13.4. The van der Waals surface area contributed by atoms with Gasteiger partial charge >= 0.3 is 0 Å². The van der Waals surface area contributed by atoms with Crippen LogP contribution < -0.4 is 10.6 Å². The van der Waals surface area contributed by atoms with Gasteiger partial charge in [-0.1, -0.05) is 36.4 Å². The van der Waals surface area contributed by atoms with Crippen LogP contribution in [-0.4, -0.2) is 43.6 Å². The van der Waals surface area contributed by atoms with Crippen LogP contribution in [0.1, 0.15) is 24.0 Å². The minimum Gasteiger partial charge on any atom is -0.355 e. The normalized spacial score (nSPS) is 19.2. The number of benzene rings is 1. The summed E-state index contributed by atoms with van der Waals surface area (Å²) in [5, 5.41) is 6.91. The number of guanidine groups is 1. The van der Waals surface area contributed by atoms with Crippen LogP contribution >= 0.6 is 0 Å². The van der Waals surface area contributed by atoms with Crippen molar-refractivity contribution in [2.24, 2.45) is 4.99 Å². The SMILES string of the molecule is CN=C(NCCN1CCc2ccccc2C1)NC1CC=CC1. The van der Waals surface area contributed by atoms with E-state index < -0.39 is 0 Å². The van der Waals surface area contributed by atoms with Gasteiger partial charge in [0.2, 0.25) is 0 Å². The maximum absolute atomic E-state index is 4.32. The van der Waals surface area contributed by atoms with E-state index in [4.69, 9.17) is 0 Å². The smallest absolute Gasteiger partial charge is 0.191 e. The Morgan fingerprint density at radius 2 is 2.00 bits per heavy atom. The Hall–Kier alpha value is -1.81. The molecule has 0 saturated carbocycles. The molecule has 1 heterocycles. The van der Waals surface area contributed by atoms with Crippen molar-refractivity contribution in [3.05, 3.63) is 47.5 Å². The molecule has 3 rings (SSSR count). The zero-order valence-electron chi connectivity index (χ0n) is 13.4. The average Bonchev–Trinajstić information content (AvgIpc) is 3.07. The maximum Gasteiger partial charge on any atom is 0.191 e. The molecule has 0 unspecified atom stereocenters. The quantitative estimate of drug-likeness (QED) is 0.507. The van der Waals surface area contributed by atoms with E-state index in [1.165, 1.54) is 11.1 Å². The molecule has 2 N–H and O–H groups in total. The first kappa shape index (κ1) is 15.1. The number of nitrogens with one attached hydrogen (secondary N) is 2. The highest BCUT2D eigenvalue weighted by Gasteiger charge is 2.15. The third-order valence-electron chi connectivity index (χ3n) is 4.50. The lowest BCUT2D eigenvalue weighted by atomic mass is 10.00. The molecule has 0 atom stereocenters. The molecule has 1 aliphatic carbocycles. The highest BCUT2D eigenvalue weighted by atomic mass is 15.2. The Morgan fingerprint density at radius 3 is 2.77 bits per heavy atom. The Labute approximate surface area is 133 Å². The summed E-state index contributed by atoms with van der Waals surface area (Å²) in [5.41, 5.74) is 2.99. The number of fused-ring (bicyclic) bond motifs is 1. The molecule has 4 nitrogen and oxygen atoms in total. The fraction of sp³-hybridized carbons (Fsp3) is 0.500.